The summed E-state index contributed by atoms with van der Waals surface area (Å²) in [6.07, 6.45) is 1.44. The average Bonchev–Trinajstić information content (AvgIpc) is 2.57. The zero-order valence-electron chi connectivity index (χ0n) is 12.2. The second-order valence-electron chi connectivity index (χ2n) is 5.23. The normalized spacial score (nSPS) is 11.0. The van der Waals surface area contributed by atoms with Crippen LogP contribution in [-0.4, -0.2) is 15.7 Å². The molecule has 0 unspecified atom stereocenters. The first kappa shape index (κ1) is 14.8. The van der Waals surface area contributed by atoms with E-state index in [-0.39, 0.29) is 5.56 Å². The summed E-state index contributed by atoms with van der Waals surface area (Å²) in [6, 6.07) is 17.8. The molecule has 0 radical (unpaired) electrons. The molecule has 1 aromatic heterocycles. The van der Waals surface area contributed by atoms with Crippen molar-refractivity contribution in [3.05, 3.63) is 76.2 Å². The Morgan fingerprint density at radius 1 is 0.955 bits per heavy atom. The second-order valence-corrected chi connectivity index (χ2v) is 5.60. The minimum atomic E-state index is -0.0440. The van der Waals surface area contributed by atoms with Crippen molar-refractivity contribution in [1.82, 2.24) is 9.78 Å². The van der Waals surface area contributed by atoms with Gasteiger partial charge in [-0.05, 0) is 18.1 Å². The number of alkyl halides is 1. The molecule has 1 heterocycles. The van der Waals surface area contributed by atoms with Crippen LogP contribution in [0.3, 0.4) is 0 Å². The van der Waals surface area contributed by atoms with Gasteiger partial charge in [-0.15, -0.1) is 11.6 Å². The van der Waals surface area contributed by atoms with Crippen LogP contribution in [0.5, 0.6) is 0 Å². The Hall–Kier alpha value is -2.13. The van der Waals surface area contributed by atoms with Gasteiger partial charge in [-0.3, -0.25) is 4.79 Å². The van der Waals surface area contributed by atoms with Crippen molar-refractivity contribution >= 4 is 22.4 Å². The number of hydrogen-bond acceptors (Lipinski definition) is 2. The van der Waals surface area contributed by atoms with Gasteiger partial charge in [0.1, 0.15) is 0 Å². The molecule has 0 amide bonds. The van der Waals surface area contributed by atoms with Crippen LogP contribution >= 0.6 is 11.6 Å². The number of hydrogen-bond donors (Lipinski definition) is 0. The van der Waals surface area contributed by atoms with Crippen molar-refractivity contribution in [2.45, 2.75) is 19.4 Å². The van der Waals surface area contributed by atoms with Crippen LogP contribution in [0.1, 0.15) is 17.7 Å². The van der Waals surface area contributed by atoms with Gasteiger partial charge in [0.15, 0.2) is 0 Å². The smallest absolute Gasteiger partial charge is 0.267 e. The molecule has 112 valence electrons. The highest BCUT2D eigenvalue weighted by atomic mass is 35.5. The monoisotopic (exact) mass is 312 g/mol. The molecule has 22 heavy (non-hydrogen) atoms. The Labute approximate surface area is 134 Å². The van der Waals surface area contributed by atoms with E-state index >= 15 is 0 Å². The van der Waals surface area contributed by atoms with E-state index in [1.807, 2.05) is 42.5 Å². The first-order chi connectivity index (χ1) is 10.8. The highest BCUT2D eigenvalue weighted by Gasteiger charge is 2.10. The first-order valence-electron chi connectivity index (χ1n) is 7.38. The molecule has 0 fully saturated rings. The lowest BCUT2D eigenvalue weighted by atomic mass is 10.0. The summed E-state index contributed by atoms with van der Waals surface area (Å²) < 4.78 is 1.54. The second kappa shape index (κ2) is 6.75. The summed E-state index contributed by atoms with van der Waals surface area (Å²) in [5.74, 6) is 0.523. The molecule has 0 aliphatic heterocycles. The predicted octanol–water partition coefficient (Wildman–Crippen LogP) is 3.62. The van der Waals surface area contributed by atoms with Crippen LogP contribution in [0.4, 0.5) is 0 Å². The molecule has 0 aliphatic rings. The minimum Gasteiger partial charge on any atom is -0.267 e. The average molecular weight is 313 g/mol. The maximum Gasteiger partial charge on any atom is 0.274 e. The highest BCUT2D eigenvalue weighted by Crippen LogP contribution is 2.17. The van der Waals surface area contributed by atoms with E-state index in [1.165, 1.54) is 5.56 Å². The molecule has 0 saturated heterocycles. The lowest BCUT2D eigenvalue weighted by Crippen LogP contribution is -2.25. The largest absolute Gasteiger partial charge is 0.274 e. The fraction of sp³-hybridized carbons (Fsp3) is 0.222. The van der Waals surface area contributed by atoms with Gasteiger partial charge < -0.3 is 0 Å². The van der Waals surface area contributed by atoms with Crippen molar-refractivity contribution in [2.75, 3.05) is 5.88 Å². The number of fused-ring (bicyclic) bond motifs is 1. The van der Waals surface area contributed by atoms with Crippen molar-refractivity contribution in [1.29, 1.82) is 0 Å². The Morgan fingerprint density at radius 2 is 1.64 bits per heavy atom. The lowest BCUT2D eigenvalue weighted by molar-refractivity contribution is 0.566. The molecule has 4 heteroatoms. The van der Waals surface area contributed by atoms with Crippen molar-refractivity contribution < 1.29 is 0 Å². The molecule has 0 aliphatic carbocycles. The molecule has 2 aromatic carbocycles. The van der Waals surface area contributed by atoms with Crippen LogP contribution < -0.4 is 5.56 Å². The summed E-state index contributed by atoms with van der Waals surface area (Å²) in [5, 5.41) is 6.23. The van der Waals surface area contributed by atoms with E-state index in [0.717, 1.165) is 22.9 Å². The summed E-state index contributed by atoms with van der Waals surface area (Å²) in [5.41, 5.74) is 2.07. The van der Waals surface area contributed by atoms with E-state index in [1.54, 1.807) is 4.68 Å². The fourth-order valence-electron chi connectivity index (χ4n) is 2.59. The number of benzene rings is 2. The zero-order valence-corrected chi connectivity index (χ0v) is 13.0. The molecule has 3 rings (SSSR count). The van der Waals surface area contributed by atoms with E-state index in [4.69, 9.17) is 11.6 Å². The van der Waals surface area contributed by atoms with Crippen molar-refractivity contribution in [3.63, 3.8) is 0 Å². The third-order valence-electron chi connectivity index (χ3n) is 3.66. The van der Waals surface area contributed by atoms with Gasteiger partial charge in [-0.25, -0.2) is 4.68 Å². The summed E-state index contributed by atoms with van der Waals surface area (Å²) in [6.45, 7) is 0.551. The van der Waals surface area contributed by atoms with E-state index in [2.05, 4.69) is 17.2 Å². The number of aromatic nitrogens is 2. The molecular weight excluding hydrogens is 296 g/mol. The number of halogens is 1. The molecule has 3 aromatic rings. The third-order valence-corrected chi connectivity index (χ3v) is 3.93. The van der Waals surface area contributed by atoms with Crippen molar-refractivity contribution in [2.24, 2.45) is 0 Å². The quantitative estimate of drug-likeness (QED) is 0.674. The zero-order chi connectivity index (χ0) is 15.4. The summed E-state index contributed by atoms with van der Waals surface area (Å²) >= 11 is 5.75. The maximum atomic E-state index is 12.5. The third kappa shape index (κ3) is 3.04. The SMILES string of the molecule is O=c1c2ccccc2c(Cc2ccccc2)nn1CCCCl. The standard InChI is InChI=1S/C18H17ClN2O/c19-11-6-12-21-18(22)16-10-5-4-9-15(16)17(20-21)13-14-7-2-1-3-8-14/h1-5,7-10H,6,11-13H2. The van der Waals surface area contributed by atoms with E-state index < -0.39 is 0 Å². The van der Waals surface area contributed by atoms with Gasteiger partial charge in [-0.1, -0.05) is 48.5 Å². The highest BCUT2D eigenvalue weighted by molar-refractivity contribution is 6.17. The first-order valence-corrected chi connectivity index (χ1v) is 7.91. The van der Waals surface area contributed by atoms with Gasteiger partial charge in [-0.2, -0.15) is 5.10 Å². The predicted molar refractivity (Wildman–Crippen MR) is 90.6 cm³/mol. The Balaban J connectivity index is 2.11. The fourth-order valence-corrected chi connectivity index (χ4v) is 2.71. The van der Waals surface area contributed by atoms with Crippen LogP contribution in [0.2, 0.25) is 0 Å². The molecule has 0 atom stereocenters. The van der Waals surface area contributed by atoms with E-state index in [9.17, 15) is 4.79 Å². The van der Waals surface area contributed by atoms with Gasteiger partial charge in [0.2, 0.25) is 0 Å². The molecular formula is C18H17ClN2O. The van der Waals surface area contributed by atoms with Crippen LogP contribution in [0.15, 0.2) is 59.4 Å². The molecule has 3 nitrogen and oxygen atoms in total. The molecule has 0 spiro atoms. The topological polar surface area (TPSA) is 34.9 Å². The van der Waals surface area contributed by atoms with Crippen LogP contribution in [0.25, 0.3) is 10.8 Å². The van der Waals surface area contributed by atoms with E-state index in [0.29, 0.717) is 18.8 Å². The minimum absolute atomic E-state index is 0.0440. The van der Waals surface area contributed by atoms with Crippen molar-refractivity contribution in [3.8, 4) is 0 Å². The van der Waals surface area contributed by atoms with Gasteiger partial charge in [0, 0.05) is 24.2 Å². The number of rotatable bonds is 5. The molecule has 0 bridgehead atoms. The Bertz CT molecular complexity index is 827. The molecule has 0 saturated carbocycles. The van der Waals surface area contributed by atoms with Gasteiger partial charge >= 0.3 is 0 Å². The number of nitrogens with zero attached hydrogens (tertiary/aromatic N) is 2. The number of aryl methyl sites for hydroxylation is 1. The van der Waals surface area contributed by atoms with Crippen LogP contribution in [0, 0.1) is 0 Å². The maximum absolute atomic E-state index is 12.5. The summed E-state index contributed by atoms with van der Waals surface area (Å²) in [7, 11) is 0. The van der Waals surface area contributed by atoms with Gasteiger partial charge in [0.25, 0.3) is 5.56 Å². The summed E-state index contributed by atoms with van der Waals surface area (Å²) in [4.78, 5) is 12.5. The molecule has 0 N–H and O–H groups in total. The van der Waals surface area contributed by atoms with Gasteiger partial charge in [0.05, 0.1) is 11.1 Å². The van der Waals surface area contributed by atoms with Crippen LogP contribution in [-0.2, 0) is 13.0 Å². The lowest BCUT2D eigenvalue weighted by Gasteiger charge is -2.10. The Kier molecular flexibility index (Phi) is 4.54. The Morgan fingerprint density at radius 3 is 2.36 bits per heavy atom.